The Balaban J connectivity index is 1.41. The number of aromatic nitrogens is 4. The molecule has 1 amide bonds. The third-order valence-corrected chi connectivity index (χ3v) is 6.06. The van der Waals surface area contributed by atoms with E-state index in [0.717, 1.165) is 0 Å². The zero-order chi connectivity index (χ0) is 24.6. The first-order valence-electron chi connectivity index (χ1n) is 10.3. The molecule has 0 unspecified atom stereocenters. The van der Waals surface area contributed by atoms with Gasteiger partial charge in [0.15, 0.2) is 5.65 Å². The lowest BCUT2D eigenvalue weighted by Crippen LogP contribution is -2.41. The molecule has 1 fully saturated rings. The van der Waals surface area contributed by atoms with Crippen LogP contribution < -0.4 is 4.90 Å². The number of amides is 1. The summed E-state index contributed by atoms with van der Waals surface area (Å²) in [7, 11) is 1.60. The SMILES string of the molecule is CN(Cc1cc([N+](=O)[O-])ccc1Cl)C(=O)C1CCN(c2ccc3nnc(C(F)(F)F)n3n2)CC1. The topological polar surface area (TPSA) is 110 Å². The monoisotopic (exact) mass is 497 g/mol. The van der Waals surface area contributed by atoms with Gasteiger partial charge in [0.2, 0.25) is 5.91 Å². The Morgan fingerprint density at radius 3 is 2.59 bits per heavy atom. The van der Waals surface area contributed by atoms with Crippen LogP contribution in [0.5, 0.6) is 0 Å². The van der Waals surface area contributed by atoms with Crippen molar-refractivity contribution >= 4 is 34.7 Å². The highest BCUT2D eigenvalue weighted by Gasteiger charge is 2.38. The third kappa shape index (κ3) is 4.74. The van der Waals surface area contributed by atoms with Gasteiger partial charge < -0.3 is 9.80 Å². The summed E-state index contributed by atoms with van der Waals surface area (Å²) in [5, 5.41) is 22.1. The summed E-state index contributed by atoms with van der Waals surface area (Å²) < 4.78 is 40.0. The fourth-order valence-corrected chi connectivity index (χ4v) is 4.10. The number of anilines is 1. The van der Waals surface area contributed by atoms with Crippen LogP contribution in [0.4, 0.5) is 24.7 Å². The van der Waals surface area contributed by atoms with Gasteiger partial charge in [0.25, 0.3) is 11.5 Å². The van der Waals surface area contributed by atoms with Gasteiger partial charge in [-0.15, -0.1) is 15.3 Å². The van der Waals surface area contributed by atoms with E-state index < -0.39 is 16.9 Å². The lowest BCUT2D eigenvalue weighted by atomic mass is 9.95. The van der Waals surface area contributed by atoms with Crippen LogP contribution in [0, 0.1) is 16.0 Å². The smallest absolute Gasteiger partial charge is 0.355 e. The fourth-order valence-electron chi connectivity index (χ4n) is 3.92. The van der Waals surface area contributed by atoms with Gasteiger partial charge in [-0.05, 0) is 36.6 Å². The first-order chi connectivity index (χ1) is 16.0. The van der Waals surface area contributed by atoms with Crippen molar-refractivity contribution in [1.82, 2.24) is 24.7 Å². The van der Waals surface area contributed by atoms with E-state index >= 15 is 0 Å². The van der Waals surface area contributed by atoms with Crippen LogP contribution in [0.3, 0.4) is 0 Å². The summed E-state index contributed by atoms with van der Waals surface area (Å²) in [4.78, 5) is 26.7. The zero-order valence-electron chi connectivity index (χ0n) is 17.9. The van der Waals surface area contributed by atoms with Gasteiger partial charge in [-0.3, -0.25) is 14.9 Å². The molecule has 0 aliphatic carbocycles. The molecule has 0 bridgehead atoms. The van der Waals surface area contributed by atoms with Crippen molar-refractivity contribution in [3.05, 3.63) is 56.9 Å². The highest BCUT2D eigenvalue weighted by molar-refractivity contribution is 6.31. The van der Waals surface area contributed by atoms with E-state index in [1.807, 2.05) is 0 Å². The van der Waals surface area contributed by atoms with Crippen LogP contribution in [-0.4, -0.2) is 55.7 Å². The molecule has 0 saturated carbocycles. The van der Waals surface area contributed by atoms with Crippen molar-refractivity contribution in [2.24, 2.45) is 5.92 Å². The molecule has 180 valence electrons. The number of fused-ring (bicyclic) bond motifs is 1. The predicted octanol–water partition coefficient (Wildman–Crippen LogP) is 3.58. The van der Waals surface area contributed by atoms with E-state index in [-0.39, 0.29) is 29.7 Å². The van der Waals surface area contributed by atoms with Gasteiger partial charge in [-0.2, -0.15) is 17.7 Å². The number of piperidine rings is 1. The van der Waals surface area contributed by atoms with Gasteiger partial charge in [0, 0.05) is 49.8 Å². The van der Waals surface area contributed by atoms with E-state index in [1.54, 1.807) is 18.0 Å². The Morgan fingerprint density at radius 1 is 1.24 bits per heavy atom. The number of carbonyl (C=O) groups is 1. The summed E-state index contributed by atoms with van der Waals surface area (Å²) in [6.07, 6.45) is -3.74. The second kappa shape index (κ2) is 9.05. The summed E-state index contributed by atoms with van der Waals surface area (Å²) in [6.45, 7) is 0.958. The fraction of sp³-hybridized carbons (Fsp3) is 0.400. The van der Waals surface area contributed by atoms with Gasteiger partial charge in [0.05, 0.1) is 4.92 Å². The number of hydrogen-bond acceptors (Lipinski definition) is 7. The van der Waals surface area contributed by atoms with Crippen LogP contribution in [0.25, 0.3) is 5.65 Å². The number of halogens is 4. The molecule has 3 aromatic rings. The van der Waals surface area contributed by atoms with Gasteiger partial charge >= 0.3 is 6.18 Å². The molecule has 2 aromatic heterocycles. The molecule has 14 heteroatoms. The predicted molar refractivity (Wildman–Crippen MR) is 115 cm³/mol. The molecular weight excluding hydrogens is 479 g/mol. The minimum atomic E-state index is -4.68. The molecular formula is C20H19ClF3N7O3. The molecule has 1 saturated heterocycles. The largest absolute Gasteiger partial charge is 0.453 e. The quantitative estimate of drug-likeness (QED) is 0.391. The van der Waals surface area contributed by atoms with Crippen LogP contribution in [0.1, 0.15) is 24.2 Å². The highest BCUT2D eigenvalue weighted by Crippen LogP contribution is 2.29. The lowest BCUT2D eigenvalue weighted by molar-refractivity contribution is -0.384. The number of nitro benzene ring substituents is 1. The van der Waals surface area contributed by atoms with E-state index in [4.69, 9.17) is 11.6 Å². The molecule has 0 atom stereocenters. The number of rotatable bonds is 5. The van der Waals surface area contributed by atoms with Crippen LogP contribution in [0.15, 0.2) is 30.3 Å². The maximum atomic E-state index is 13.1. The minimum absolute atomic E-state index is 0.0115. The number of benzene rings is 1. The van der Waals surface area contributed by atoms with Crippen molar-refractivity contribution in [1.29, 1.82) is 0 Å². The van der Waals surface area contributed by atoms with Crippen molar-refractivity contribution in [2.75, 3.05) is 25.0 Å². The van der Waals surface area contributed by atoms with E-state index in [0.29, 0.717) is 46.9 Å². The molecule has 0 radical (unpaired) electrons. The van der Waals surface area contributed by atoms with Crippen molar-refractivity contribution in [3.8, 4) is 0 Å². The van der Waals surface area contributed by atoms with E-state index in [1.165, 1.54) is 29.2 Å². The summed E-state index contributed by atoms with van der Waals surface area (Å²) in [5.41, 5.74) is 0.346. The molecule has 0 spiro atoms. The minimum Gasteiger partial charge on any atom is -0.355 e. The van der Waals surface area contributed by atoms with Crippen molar-refractivity contribution in [2.45, 2.75) is 25.6 Å². The Morgan fingerprint density at radius 2 is 1.94 bits per heavy atom. The number of alkyl halides is 3. The normalized spacial score (nSPS) is 15.0. The molecule has 0 N–H and O–H groups in total. The average Bonchev–Trinajstić information content (AvgIpc) is 3.24. The summed E-state index contributed by atoms with van der Waals surface area (Å²) in [5.74, 6) is -1.30. The van der Waals surface area contributed by atoms with Crippen LogP contribution in [0.2, 0.25) is 5.02 Å². The van der Waals surface area contributed by atoms with Gasteiger partial charge in [-0.25, -0.2) is 0 Å². The first kappa shape index (κ1) is 23.7. The molecule has 1 aliphatic rings. The molecule has 1 aromatic carbocycles. The Kier molecular flexibility index (Phi) is 6.30. The van der Waals surface area contributed by atoms with Crippen LogP contribution >= 0.6 is 11.6 Å². The number of carbonyl (C=O) groups excluding carboxylic acids is 1. The summed E-state index contributed by atoms with van der Waals surface area (Å²) >= 11 is 6.14. The number of hydrogen-bond donors (Lipinski definition) is 0. The average molecular weight is 498 g/mol. The van der Waals surface area contributed by atoms with Gasteiger partial charge in [-0.1, -0.05) is 11.6 Å². The molecule has 34 heavy (non-hydrogen) atoms. The maximum absolute atomic E-state index is 13.1. The van der Waals surface area contributed by atoms with Crippen molar-refractivity contribution < 1.29 is 22.9 Å². The van der Waals surface area contributed by atoms with E-state index in [2.05, 4.69) is 15.3 Å². The summed E-state index contributed by atoms with van der Waals surface area (Å²) in [6, 6.07) is 7.06. The number of non-ortho nitro benzene ring substituents is 1. The molecule has 3 heterocycles. The molecule has 10 nitrogen and oxygen atoms in total. The highest BCUT2D eigenvalue weighted by atomic mass is 35.5. The second-order valence-corrected chi connectivity index (χ2v) is 8.38. The standard InChI is InChI=1S/C20H19ClF3N7O3/c1-28(11-13-10-14(31(33)34)2-3-15(13)21)18(32)12-6-8-29(9-7-12)17-5-4-16-25-26-19(20(22,23)24)30(16)27-17/h2-5,10,12H,6-9,11H2,1H3. The number of nitro groups is 1. The Bertz CT molecular complexity index is 1240. The molecule has 1 aliphatic heterocycles. The lowest BCUT2D eigenvalue weighted by Gasteiger charge is -2.33. The second-order valence-electron chi connectivity index (χ2n) is 7.97. The van der Waals surface area contributed by atoms with Gasteiger partial charge in [0.1, 0.15) is 5.82 Å². The van der Waals surface area contributed by atoms with Crippen LogP contribution in [-0.2, 0) is 17.5 Å². The Hall–Kier alpha value is -3.48. The third-order valence-electron chi connectivity index (χ3n) is 5.69. The first-order valence-corrected chi connectivity index (χ1v) is 10.6. The molecule has 4 rings (SSSR count). The zero-order valence-corrected chi connectivity index (χ0v) is 18.6. The number of nitrogens with zero attached hydrogens (tertiary/aromatic N) is 7. The van der Waals surface area contributed by atoms with E-state index in [9.17, 15) is 28.1 Å². The Labute approximate surface area is 196 Å². The van der Waals surface area contributed by atoms with Crippen molar-refractivity contribution in [3.63, 3.8) is 0 Å². The maximum Gasteiger partial charge on any atom is 0.453 e.